The van der Waals surface area contributed by atoms with Crippen LogP contribution in [0.5, 0.6) is 0 Å². The summed E-state index contributed by atoms with van der Waals surface area (Å²) in [7, 11) is -0.738. The molecular formula is C20H24N2O5S2. The lowest BCUT2D eigenvalue weighted by Gasteiger charge is -2.15. The van der Waals surface area contributed by atoms with E-state index in [4.69, 9.17) is 4.74 Å². The number of nitrogens with one attached hydrogen (secondary N) is 1. The molecule has 7 nitrogen and oxygen atoms in total. The second-order valence-electron chi connectivity index (χ2n) is 7.15. The Morgan fingerprint density at radius 3 is 2.66 bits per heavy atom. The first-order valence-electron chi connectivity index (χ1n) is 9.29. The third-order valence-electron chi connectivity index (χ3n) is 4.85. The quantitative estimate of drug-likeness (QED) is 0.703. The largest absolute Gasteiger partial charge is 0.452 e. The van der Waals surface area contributed by atoms with Crippen LogP contribution in [0.3, 0.4) is 0 Å². The van der Waals surface area contributed by atoms with Crippen molar-refractivity contribution in [3.63, 3.8) is 0 Å². The zero-order chi connectivity index (χ0) is 21.2. The van der Waals surface area contributed by atoms with Gasteiger partial charge in [0.1, 0.15) is 0 Å². The molecule has 1 aliphatic carbocycles. The van der Waals surface area contributed by atoms with Crippen molar-refractivity contribution in [3.05, 3.63) is 45.1 Å². The molecule has 156 valence electrons. The number of carbonyl (C=O) groups is 2. The van der Waals surface area contributed by atoms with Gasteiger partial charge >= 0.3 is 5.97 Å². The van der Waals surface area contributed by atoms with Gasteiger partial charge in [-0.15, -0.1) is 11.3 Å². The molecule has 0 radical (unpaired) electrons. The summed E-state index contributed by atoms with van der Waals surface area (Å²) < 4.78 is 31.1. The number of hydrogen-bond donors (Lipinski definition) is 1. The van der Waals surface area contributed by atoms with Gasteiger partial charge in [0.05, 0.1) is 10.5 Å². The van der Waals surface area contributed by atoms with Crippen LogP contribution >= 0.6 is 11.3 Å². The maximum atomic E-state index is 12.4. The number of amides is 1. The van der Waals surface area contributed by atoms with E-state index in [1.54, 1.807) is 35.8 Å². The Hall–Kier alpha value is -2.23. The van der Waals surface area contributed by atoms with E-state index < -0.39 is 28.5 Å². The van der Waals surface area contributed by atoms with Gasteiger partial charge in [-0.3, -0.25) is 4.79 Å². The first-order valence-corrected chi connectivity index (χ1v) is 11.6. The van der Waals surface area contributed by atoms with Crippen molar-refractivity contribution >= 4 is 38.9 Å². The summed E-state index contributed by atoms with van der Waals surface area (Å²) in [6.45, 7) is 1.25. The SMILES string of the molecule is Cc1ccc(NC(=O)COC(=O)c2csc3c2CCCC3)cc1S(=O)(=O)N(C)C. The average molecular weight is 437 g/mol. The van der Waals surface area contributed by atoms with E-state index in [1.165, 1.54) is 25.0 Å². The monoisotopic (exact) mass is 436 g/mol. The number of aryl methyl sites for hydroxylation is 2. The molecule has 0 spiro atoms. The van der Waals surface area contributed by atoms with Crippen molar-refractivity contribution in [3.8, 4) is 0 Å². The Morgan fingerprint density at radius 1 is 1.21 bits per heavy atom. The van der Waals surface area contributed by atoms with E-state index in [2.05, 4.69) is 5.32 Å². The summed E-state index contributed by atoms with van der Waals surface area (Å²) in [6.07, 6.45) is 4.03. The number of rotatable bonds is 6. The fourth-order valence-electron chi connectivity index (χ4n) is 3.22. The Balaban J connectivity index is 1.64. The number of hydrogen-bond acceptors (Lipinski definition) is 6. The van der Waals surface area contributed by atoms with Gasteiger partial charge in [-0.05, 0) is 55.9 Å². The lowest BCUT2D eigenvalue weighted by Crippen LogP contribution is -2.24. The maximum absolute atomic E-state index is 12.4. The van der Waals surface area contributed by atoms with Crippen LogP contribution in [0, 0.1) is 6.92 Å². The smallest absolute Gasteiger partial charge is 0.339 e. The van der Waals surface area contributed by atoms with E-state index >= 15 is 0 Å². The van der Waals surface area contributed by atoms with Gasteiger partial charge in [0.25, 0.3) is 5.91 Å². The highest BCUT2D eigenvalue weighted by atomic mass is 32.2. The van der Waals surface area contributed by atoms with Crippen molar-refractivity contribution < 1.29 is 22.7 Å². The molecule has 1 heterocycles. The van der Waals surface area contributed by atoms with E-state index in [-0.39, 0.29) is 4.90 Å². The normalized spacial score (nSPS) is 13.8. The number of thiophene rings is 1. The zero-order valence-corrected chi connectivity index (χ0v) is 18.3. The summed E-state index contributed by atoms with van der Waals surface area (Å²) in [4.78, 5) is 25.9. The minimum atomic E-state index is -3.63. The van der Waals surface area contributed by atoms with Crippen LogP contribution in [0.2, 0.25) is 0 Å². The van der Waals surface area contributed by atoms with Crippen LogP contribution in [-0.2, 0) is 32.4 Å². The summed E-state index contributed by atoms with van der Waals surface area (Å²) in [5.41, 5.74) is 2.49. The molecule has 1 aromatic heterocycles. The lowest BCUT2D eigenvalue weighted by molar-refractivity contribution is -0.119. The summed E-state index contributed by atoms with van der Waals surface area (Å²) in [6, 6.07) is 4.63. The fraction of sp³-hybridized carbons (Fsp3) is 0.400. The number of benzene rings is 1. The van der Waals surface area contributed by atoms with Crippen molar-refractivity contribution in [1.29, 1.82) is 0 Å². The van der Waals surface area contributed by atoms with E-state index in [9.17, 15) is 18.0 Å². The Bertz CT molecular complexity index is 1040. The van der Waals surface area contributed by atoms with Crippen LogP contribution in [-0.4, -0.2) is 45.3 Å². The number of esters is 1. The van der Waals surface area contributed by atoms with Gasteiger partial charge in [0.15, 0.2) is 6.61 Å². The molecule has 1 amide bonds. The summed E-state index contributed by atoms with van der Waals surface area (Å²) in [5, 5.41) is 4.39. The van der Waals surface area contributed by atoms with E-state index in [0.29, 0.717) is 16.8 Å². The number of carbonyl (C=O) groups excluding carboxylic acids is 2. The predicted molar refractivity (Wildman–Crippen MR) is 112 cm³/mol. The van der Waals surface area contributed by atoms with Crippen LogP contribution in [0.25, 0.3) is 0 Å². The number of ether oxygens (including phenoxy) is 1. The Kier molecular flexibility index (Phi) is 6.40. The molecule has 9 heteroatoms. The summed E-state index contributed by atoms with van der Waals surface area (Å²) >= 11 is 1.56. The number of fused-ring (bicyclic) bond motifs is 1. The predicted octanol–water partition coefficient (Wildman–Crippen LogP) is 2.98. The summed E-state index contributed by atoms with van der Waals surface area (Å²) in [5.74, 6) is -1.03. The highest BCUT2D eigenvalue weighted by Crippen LogP contribution is 2.30. The fourth-order valence-corrected chi connectivity index (χ4v) is 5.48. The third-order valence-corrected chi connectivity index (χ3v) is 7.89. The molecule has 0 fully saturated rings. The number of sulfonamides is 1. The van der Waals surface area contributed by atoms with Crippen molar-refractivity contribution in [2.75, 3.05) is 26.0 Å². The maximum Gasteiger partial charge on any atom is 0.339 e. The zero-order valence-electron chi connectivity index (χ0n) is 16.6. The van der Waals surface area contributed by atoms with Crippen molar-refractivity contribution in [2.24, 2.45) is 0 Å². The van der Waals surface area contributed by atoms with Crippen molar-refractivity contribution in [2.45, 2.75) is 37.5 Å². The second kappa shape index (κ2) is 8.64. The first-order chi connectivity index (χ1) is 13.7. The Morgan fingerprint density at radius 2 is 1.93 bits per heavy atom. The topological polar surface area (TPSA) is 92.8 Å². The molecule has 29 heavy (non-hydrogen) atoms. The molecule has 0 saturated carbocycles. The standard InChI is InChI=1S/C20H24N2O5S2/c1-13-8-9-14(10-18(13)29(25,26)22(2)3)21-19(23)11-27-20(24)16-12-28-17-7-5-4-6-15(16)17/h8-10,12H,4-7,11H2,1-3H3,(H,21,23). The number of anilines is 1. The van der Waals surface area contributed by atoms with Gasteiger partial charge in [0.2, 0.25) is 10.0 Å². The van der Waals surface area contributed by atoms with E-state index in [0.717, 1.165) is 35.6 Å². The molecule has 1 N–H and O–H groups in total. The van der Waals surface area contributed by atoms with Gasteiger partial charge in [0, 0.05) is 30.0 Å². The minimum Gasteiger partial charge on any atom is -0.452 e. The highest BCUT2D eigenvalue weighted by Gasteiger charge is 2.23. The van der Waals surface area contributed by atoms with Crippen LogP contribution in [0.15, 0.2) is 28.5 Å². The van der Waals surface area contributed by atoms with Gasteiger partial charge in [-0.2, -0.15) is 0 Å². The van der Waals surface area contributed by atoms with Gasteiger partial charge < -0.3 is 10.1 Å². The van der Waals surface area contributed by atoms with Gasteiger partial charge in [-0.1, -0.05) is 6.07 Å². The van der Waals surface area contributed by atoms with E-state index in [1.807, 2.05) is 0 Å². The third kappa shape index (κ3) is 4.68. The molecule has 0 bridgehead atoms. The molecule has 0 atom stereocenters. The molecule has 0 unspecified atom stereocenters. The molecule has 2 aromatic rings. The lowest BCUT2D eigenvalue weighted by atomic mass is 9.96. The van der Waals surface area contributed by atoms with Gasteiger partial charge in [-0.25, -0.2) is 17.5 Å². The molecule has 3 rings (SSSR count). The minimum absolute atomic E-state index is 0.113. The van der Waals surface area contributed by atoms with Crippen LogP contribution < -0.4 is 5.32 Å². The second-order valence-corrected chi connectivity index (χ2v) is 10.2. The van der Waals surface area contributed by atoms with Crippen LogP contribution in [0.4, 0.5) is 5.69 Å². The molecule has 1 aromatic carbocycles. The molecule has 0 aliphatic heterocycles. The van der Waals surface area contributed by atoms with Crippen molar-refractivity contribution in [1.82, 2.24) is 4.31 Å². The molecular weight excluding hydrogens is 412 g/mol. The first kappa shape index (κ1) is 21.5. The highest BCUT2D eigenvalue weighted by molar-refractivity contribution is 7.89. The average Bonchev–Trinajstić information content (AvgIpc) is 3.11. The van der Waals surface area contributed by atoms with Crippen LogP contribution in [0.1, 0.15) is 39.2 Å². The molecule has 0 saturated heterocycles. The molecule has 1 aliphatic rings. The Labute approximate surface area is 174 Å². The number of nitrogens with zero attached hydrogens (tertiary/aromatic N) is 1.